The molecule has 0 unspecified atom stereocenters. The Morgan fingerprint density at radius 1 is 1.21 bits per heavy atom. The Labute approximate surface area is 229 Å². The highest BCUT2D eigenvalue weighted by Crippen LogP contribution is 2.36. The number of halogens is 1. The van der Waals surface area contributed by atoms with E-state index in [1.165, 1.54) is 12.1 Å². The van der Waals surface area contributed by atoms with E-state index in [0.29, 0.717) is 41.6 Å². The summed E-state index contributed by atoms with van der Waals surface area (Å²) < 4.78 is 22.2. The standard InChI is InChI=1S/C30H37FN6O2/c1-30(38)11-13-36(14-12-30)23-8-10-26(28(17-23)39-3)37-27(21-7-9-25(33-2)24(31)16-21)18-29(35-37)34-19-20-5-4-6-22(32)15-20/h7-10,16-18,20,22,38H,4-6,11-15,19,32H2,1,3H3,(H,34,35)/t20-,22-/m0/s1. The minimum atomic E-state index is -0.630. The monoisotopic (exact) mass is 532 g/mol. The average molecular weight is 533 g/mol. The van der Waals surface area contributed by atoms with Gasteiger partial charge < -0.3 is 25.8 Å². The van der Waals surface area contributed by atoms with Crippen LogP contribution in [-0.4, -0.2) is 53.3 Å². The average Bonchev–Trinajstić information content (AvgIpc) is 3.35. The number of nitrogens with two attached hydrogens (primary N) is 1. The summed E-state index contributed by atoms with van der Waals surface area (Å²) in [6.07, 6.45) is 5.75. The third-order valence-electron chi connectivity index (χ3n) is 8.07. The minimum absolute atomic E-state index is 0.0146. The summed E-state index contributed by atoms with van der Waals surface area (Å²) in [6.45, 7) is 11.4. The summed E-state index contributed by atoms with van der Waals surface area (Å²) >= 11 is 0. The Hall–Kier alpha value is -3.61. The lowest BCUT2D eigenvalue weighted by Gasteiger charge is -2.37. The first-order chi connectivity index (χ1) is 18.8. The predicted molar refractivity (Wildman–Crippen MR) is 152 cm³/mol. The van der Waals surface area contributed by atoms with E-state index in [2.05, 4.69) is 15.1 Å². The molecule has 0 bridgehead atoms. The molecule has 1 aliphatic carbocycles. The van der Waals surface area contributed by atoms with Crippen molar-refractivity contribution in [3.8, 4) is 22.7 Å². The number of benzene rings is 2. The zero-order valence-corrected chi connectivity index (χ0v) is 22.7. The molecule has 2 aliphatic rings. The molecular formula is C30H37FN6O2. The van der Waals surface area contributed by atoms with Gasteiger partial charge in [0.1, 0.15) is 23.1 Å². The summed E-state index contributed by atoms with van der Waals surface area (Å²) in [4.78, 5) is 5.50. The fourth-order valence-corrected chi connectivity index (χ4v) is 5.67. The van der Waals surface area contributed by atoms with Crippen LogP contribution >= 0.6 is 0 Å². The first-order valence-corrected chi connectivity index (χ1v) is 13.7. The van der Waals surface area contributed by atoms with Crippen LogP contribution in [0.3, 0.4) is 0 Å². The van der Waals surface area contributed by atoms with Gasteiger partial charge >= 0.3 is 0 Å². The second-order valence-corrected chi connectivity index (χ2v) is 11.1. The number of ether oxygens (including phenoxy) is 1. The van der Waals surface area contributed by atoms with Crippen LogP contribution in [0.25, 0.3) is 21.8 Å². The maximum Gasteiger partial charge on any atom is 0.222 e. The SMILES string of the molecule is [C-]#[N+]c1ccc(-c2cc(NC[C@H]3CCC[C@H](N)C3)nn2-c2ccc(N3CCC(C)(O)CC3)cc2OC)cc1F. The van der Waals surface area contributed by atoms with Gasteiger partial charge in [-0.05, 0) is 63.1 Å². The molecule has 3 aromatic rings. The highest BCUT2D eigenvalue weighted by atomic mass is 19.1. The van der Waals surface area contributed by atoms with Crippen LogP contribution < -0.4 is 20.7 Å². The van der Waals surface area contributed by atoms with Gasteiger partial charge in [0, 0.05) is 49.1 Å². The summed E-state index contributed by atoms with van der Waals surface area (Å²) in [5, 5.41) is 18.7. The van der Waals surface area contributed by atoms with Crippen LogP contribution in [0.2, 0.25) is 0 Å². The van der Waals surface area contributed by atoms with Gasteiger partial charge in [0.05, 0.1) is 25.0 Å². The van der Waals surface area contributed by atoms with E-state index >= 15 is 0 Å². The molecule has 1 aliphatic heterocycles. The van der Waals surface area contributed by atoms with Crippen molar-refractivity contribution in [2.45, 2.75) is 57.1 Å². The van der Waals surface area contributed by atoms with Gasteiger partial charge in [-0.1, -0.05) is 18.6 Å². The highest BCUT2D eigenvalue weighted by molar-refractivity contribution is 5.70. The molecule has 2 aromatic carbocycles. The lowest BCUT2D eigenvalue weighted by molar-refractivity contribution is 0.0351. The molecule has 9 heteroatoms. The lowest BCUT2D eigenvalue weighted by atomic mass is 9.86. The Bertz CT molecular complexity index is 1350. The fraction of sp³-hybridized carbons (Fsp3) is 0.467. The van der Waals surface area contributed by atoms with E-state index < -0.39 is 11.4 Å². The molecule has 206 valence electrons. The molecular weight excluding hydrogens is 495 g/mol. The molecule has 39 heavy (non-hydrogen) atoms. The van der Waals surface area contributed by atoms with Crippen molar-refractivity contribution in [2.24, 2.45) is 11.7 Å². The van der Waals surface area contributed by atoms with Crippen molar-refractivity contribution in [2.75, 3.05) is 37.0 Å². The second kappa shape index (κ2) is 11.2. The number of nitrogens with zero attached hydrogens (tertiary/aromatic N) is 4. The molecule has 8 nitrogen and oxygen atoms in total. The molecule has 2 heterocycles. The Morgan fingerprint density at radius 2 is 2.00 bits per heavy atom. The van der Waals surface area contributed by atoms with Gasteiger partial charge in [0.25, 0.3) is 0 Å². The van der Waals surface area contributed by atoms with Crippen LogP contribution in [0.15, 0.2) is 42.5 Å². The molecule has 2 atom stereocenters. The van der Waals surface area contributed by atoms with Gasteiger partial charge in [0.2, 0.25) is 5.69 Å². The summed E-state index contributed by atoms with van der Waals surface area (Å²) in [7, 11) is 1.63. The van der Waals surface area contributed by atoms with Crippen molar-refractivity contribution in [1.29, 1.82) is 0 Å². The molecule has 0 radical (unpaired) electrons. The van der Waals surface area contributed by atoms with Crippen LogP contribution in [0.1, 0.15) is 45.4 Å². The first-order valence-electron chi connectivity index (χ1n) is 13.7. The smallest absolute Gasteiger partial charge is 0.222 e. The van der Waals surface area contributed by atoms with Gasteiger partial charge in [0.15, 0.2) is 0 Å². The highest BCUT2D eigenvalue weighted by Gasteiger charge is 2.28. The number of piperidine rings is 1. The summed E-state index contributed by atoms with van der Waals surface area (Å²) in [5.41, 5.74) is 8.59. The molecule has 2 fully saturated rings. The van der Waals surface area contributed by atoms with Gasteiger partial charge in [-0.2, -0.15) is 0 Å². The minimum Gasteiger partial charge on any atom is -0.494 e. The molecule has 5 rings (SSSR count). The number of hydrogen-bond donors (Lipinski definition) is 3. The summed E-state index contributed by atoms with van der Waals surface area (Å²) in [5.74, 6) is 1.24. The van der Waals surface area contributed by atoms with E-state index in [1.54, 1.807) is 17.9 Å². The van der Waals surface area contributed by atoms with Gasteiger partial charge in [-0.25, -0.2) is 13.9 Å². The van der Waals surface area contributed by atoms with E-state index in [1.807, 2.05) is 31.2 Å². The van der Waals surface area contributed by atoms with Crippen LogP contribution in [0.4, 0.5) is 21.6 Å². The zero-order valence-electron chi connectivity index (χ0n) is 22.7. The number of aliphatic hydroxyl groups is 1. The van der Waals surface area contributed by atoms with Crippen LogP contribution in [0.5, 0.6) is 5.75 Å². The number of nitrogens with one attached hydrogen (secondary N) is 1. The maximum absolute atomic E-state index is 14.6. The predicted octanol–water partition coefficient (Wildman–Crippen LogP) is 5.52. The van der Waals surface area contributed by atoms with E-state index in [4.69, 9.17) is 22.1 Å². The van der Waals surface area contributed by atoms with Crippen molar-refractivity contribution >= 4 is 17.2 Å². The number of aromatic nitrogens is 2. The van der Waals surface area contributed by atoms with Crippen LogP contribution in [0, 0.1) is 18.3 Å². The molecule has 1 saturated carbocycles. The number of rotatable bonds is 7. The van der Waals surface area contributed by atoms with E-state index in [9.17, 15) is 9.50 Å². The molecule has 1 aromatic heterocycles. The topological polar surface area (TPSA) is 92.9 Å². The number of methoxy groups -OCH3 is 1. The van der Waals surface area contributed by atoms with Crippen molar-refractivity contribution in [1.82, 2.24) is 9.78 Å². The fourth-order valence-electron chi connectivity index (χ4n) is 5.67. The lowest BCUT2D eigenvalue weighted by Crippen LogP contribution is -2.42. The number of anilines is 2. The molecule has 0 amide bonds. The van der Waals surface area contributed by atoms with Gasteiger partial charge in [-0.15, -0.1) is 5.10 Å². The summed E-state index contributed by atoms with van der Waals surface area (Å²) in [6, 6.07) is 12.8. The Kier molecular flexibility index (Phi) is 7.78. The zero-order chi connectivity index (χ0) is 27.6. The third kappa shape index (κ3) is 6.02. The normalized spacial score (nSPS) is 20.9. The second-order valence-electron chi connectivity index (χ2n) is 11.1. The maximum atomic E-state index is 14.6. The molecule has 1 saturated heterocycles. The van der Waals surface area contributed by atoms with Crippen molar-refractivity contribution in [3.05, 3.63) is 59.7 Å². The Balaban J connectivity index is 1.48. The largest absolute Gasteiger partial charge is 0.494 e. The quantitative estimate of drug-likeness (QED) is 0.347. The van der Waals surface area contributed by atoms with Gasteiger partial charge in [-0.3, -0.25) is 0 Å². The van der Waals surface area contributed by atoms with Crippen molar-refractivity contribution < 1.29 is 14.2 Å². The van der Waals surface area contributed by atoms with Crippen LogP contribution in [-0.2, 0) is 0 Å². The van der Waals surface area contributed by atoms with E-state index in [0.717, 1.165) is 56.7 Å². The number of hydrogen-bond acceptors (Lipinski definition) is 6. The molecule has 4 N–H and O–H groups in total. The third-order valence-corrected chi connectivity index (χ3v) is 8.07. The Morgan fingerprint density at radius 3 is 2.69 bits per heavy atom. The van der Waals surface area contributed by atoms with E-state index in [-0.39, 0.29) is 11.7 Å². The molecule has 0 spiro atoms. The first kappa shape index (κ1) is 27.0. The van der Waals surface area contributed by atoms with Crippen molar-refractivity contribution in [3.63, 3.8) is 0 Å².